The van der Waals surface area contributed by atoms with E-state index in [1.165, 1.54) is 6.20 Å². The molecule has 2 heterocycles. The molecule has 0 saturated carbocycles. The second-order valence-corrected chi connectivity index (χ2v) is 3.19. The van der Waals surface area contributed by atoms with Crippen LogP contribution in [0.15, 0.2) is 24.5 Å². The molecule has 2 N–H and O–H groups in total. The van der Waals surface area contributed by atoms with E-state index in [0.717, 1.165) is 6.20 Å². The Morgan fingerprint density at radius 1 is 1.25 bits per heavy atom. The number of halogens is 2. The maximum atomic E-state index is 12.8. The third kappa shape index (κ3) is 2.34. The zero-order valence-corrected chi connectivity index (χ0v) is 8.65. The fourth-order valence-electron chi connectivity index (χ4n) is 0.941. The van der Waals surface area contributed by atoms with E-state index in [-0.39, 0.29) is 11.8 Å². The Morgan fingerprint density at radius 2 is 2.06 bits per heavy atom. The van der Waals surface area contributed by atoms with Crippen LogP contribution < -0.4 is 10.5 Å². The lowest BCUT2D eigenvalue weighted by atomic mass is 10.5. The van der Waals surface area contributed by atoms with Gasteiger partial charge in [0.25, 0.3) is 0 Å². The number of hydrogen-bond donors (Lipinski definition) is 1. The highest BCUT2D eigenvalue weighted by Gasteiger charge is 2.05. The zero-order chi connectivity index (χ0) is 11.5. The fourth-order valence-corrected chi connectivity index (χ4v) is 1.05. The predicted octanol–water partition coefficient (Wildman–Crippen LogP) is 2.04. The number of hydrogen-bond acceptors (Lipinski definition) is 5. The van der Waals surface area contributed by atoms with E-state index in [1.807, 2.05) is 0 Å². The van der Waals surface area contributed by atoms with Crippen LogP contribution in [-0.4, -0.2) is 15.0 Å². The Kier molecular flexibility index (Phi) is 2.82. The average molecular weight is 241 g/mol. The van der Waals surface area contributed by atoms with E-state index in [1.54, 1.807) is 12.1 Å². The molecule has 0 unspecified atom stereocenters. The lowest BCUT2D eigenvalue weighted by molar-refractivity contribution is 0.436. The van der Waals surface area contributed by atoms with Crippen molar-refractivity contribution in [2.75, 3.05) is 5.73 Å². The van der Waals surface area contributed by atoms with Crippen LogP contribution in [0.5, 0.6) is 11.8 Å². The molecule has 0 saturated heterocycles. The van der Waals surface area contributed by atoms with Gasteiger partial charge in [-0.05, 0) is 12.1 Å². The van der Waals surface area contributed by atoms with E-state index >= 15 is 0 Å². The molecule has 0 aromatic carbocycles. The summed E-state index contributed by atoms with van der Waals surface area (Å²) in [5.74, 6) is -0.580. The Hall–Kier alpha value is -1.95. The number of nitrogens with zero attached hydrogens (tertiary/aromatic N) is 3. The number of anilines is 1. The van der Waals surface area contributed by atoms with Crippen molar-refractivity contribution >= 4 is 17.4 Å². The molecule has 0 aliphatic carbocycles. The molecule has 0 bridgehead atoms. The maximum absolute atomic E-state index is 12.8. The lowest BCUT2D eigenvalue weighted by Gasteiger charge is -2.03. The molecule has 0 aliphatic rings. The minimum atomic E-state index is -0.693. The van der Waals surface area contributed by atoms with E-state index in [0.29, 0.717) is 10.9 Å². The van der Waals surface area contributed by atoms with Crippen LogP contribution >= 0.6 is 11.6 Å². The van der Waals surface area contributed by atoms with Crippen LogP contribution in [-0.2, 0) is 0 Å². The first kappa shape index (κ1) is 10.6. The molecule has 2 rings (SSSR count). The summed E-state index contributed by atoms with van der Waals surface area (Å²) in [5.41, 5.74) is 5.26. The largest absolute Gasteiger partial charge is 0.423 e. The van der Waals surface area contributed by atoms with Gasteiger partial charge in [-0.2, -0.15) is 4.98 Å². The summed E-state index contributed by atoms with van der Waals surface area (Å²) in [7, 11) is 0. The molecule has 2 aromatic heterocycles. The Labute approximate surface area is 95.1 Å². The molecular weight excluding hydrogens is 235 g/mol. The fraction of sp³-hybridized carbons (Fsp3) is 0. The van der Waals surface area contributed by atoms with Gasteiger partial charge in [-0.15, -0.1) is 0 Å². The second-order valence-electron chi connectivity index (χ2n) is 2.80. The number of aromatic nitrogens is 3. The smallest absolute Gasteiger partial charge is 0.324 e. The highest BCUT2D eigenvalue weighted by Crippen LogP contribution is 2.19. The summed E-state index contributed by atoms with van der Waals surface area (Å²) >= 11 is 5.59. The highest BCUT2D eigenvalue weighted by atomic mass is 35.5. The van der Waals surface area contributed by atoms with E-state index in [4.69, 9.17) is 22.1 Å². The topological polar surface area (TPSA) is 73.9 Å². The SMILES string of the molecule is Nc1nc(Oc2ccc(Cl)nc2)ncc1F. The molecule has 0 aliphatic heterocycles. The van der Waals surface area contributed by atoms with Crippen LogP contribution in [0.2, 0.25) is 5.15 Å². The zero-order valence-electron chi connectivity index (χ0n) is 7.89. The molecule has 0 amide bonds. The quantitative estimate of drug-likeness (QED) is 0.813. The van der Waals surface area contributed by atoms with Crippen LogP contribution in [0.4, 0.5) is 10.2 Å². The average Bonchev–Trinajstić information content (AvgIpc) is 2.27. The predicted molar refractivity (Wildman–Crippen MR) is 55.7 cm³/mol. The molecule has 0 spiro atoms. The third-order valence-corrected chi connectivity index (χ3v) is 1.88. The van der Waals surface area contributed by atoms with Gasteiger partial charge in [-0.1, -0.05) is 11.6 Å². The first-order valence-electron chi connectivity index (χ1n) is 4.22. The number of rotatable bonds is 2. The van der Waals surface area contributed by atoms with Crippen molar-refractivity contribution in [3.63, 3.8) is 0 Å². The number of pyridine rings is 1. The summed E-state index contributed by atoms with van der Waals surface area (Å²) in [4.78, 5) is 11.0. The second kappa shape index (κ2) is 4.28. The molecule has 82 valence electrons. The minimum Gasteiger partial charge on any atom is -0.423 e. The van der Waals surface area contributed by atoms with E-state index in [2.05, 4.69) is 15.0 Å². The van der Waals surface area contributed by atoms with Gasteiger partial charge < -0.3 is 10.5 Å². The molecule has 0 radical (unpaired) electrons. The summed E-state index contributed by atoms with van der Waals surface area (Å²) in [6.45, 7) is 0. The van der Waals surface area contributed by atoms with E-state index < -0.39 is 5.82 Å². The van der Waals surface area contributed by atoms with Gasteiger partial charge in [0.15, 0.2) is 11.6 Å². The number of nitrogens with two attached hydrogens (primary N) is 1. The van der Waals surface area contributed by atoms with Gasteiger partial charge >= 0.3 is 6.01 Å². The van der Waals surface area contributed by atoms with Crippen molar-refractivity contribution in [3.8, 4) is 11.8 Å². The van der Waals surface area contributed by atoms with Crippen LogP contribution in [0.25, 0.3) is 0 Å². The van der Waals surface area contributed by atoms with Crippen LogP contribution in [0.1, 0.15) is 0 Å². The molecule has 16 heavy (non-hydrogen) atoms. The number of ether oxygens (including phenoxy) is 1. The normalized spacial score (nSPS) is 10.1. The Bertz CT molecular complexity index is 505. The van der Waals surface area contributed by atoms with Gasteiger partial charge in [0, 0.05) is 0 Å². The van der Waals surface area contributed by atoms with Crippen molar-refractivity contribution < 1.29 is 9.13 Å². The molecular formula is C9H6ClFN4O. The van der Waals surface area contributed by atoms with Gasteiger partial charge in [0.05, 0.1) is 12.4 Å². The maximum Gasteiger partial charge on any atom is 0.324 e. The minimum absolute atomic E-state index is 0.0528. The summed E-state index contributed by atoms with van der Waals surface area (Å²) in [5, 5.41) is 0.340. The highest BCUT2D eigenvalue weighted by molar-refractivity contribution is 6.29. The molecule has 5 nitrogen and oxygen atoms in total. The summed E-state index contributed by atoms with van der Waals surface area (Å²) in [6.07, 6.45) is 2.33. The molecule has 2 aromatic rings. The molecule has 0 fully saturated rings. The third-order valence-electron chi connectivity index (χ3n) is 1.66. The molecule has 0 atom stereocenters. The van der Waals surface area contributed by atoms with Gasteiger partial charge in [-0.3, -0.25) is 0 Å². The standard InChI is InChI=1S/C9H6ClFN4O/c10-7-2-1-5(3-13-7)16-9-14-4-6(11)8(12)15-9/h1-4H,(H2,12,14,15). The summed E-state index contributed by atoms with van der Waals surface area (Å²) in [6, 6.07) is 3.07. The van der Waals surface area contributed by atoms with Crippen molar-refractivity contribution in [1.29, 1.82) is 0 Å². The first-order valence-corrected chi connectivity index (χ1v) is 4.60. The number of nitrogen functional groups attached to an aromatic ring is 1. The van der Waals surface area contributed by atoms with Crippen molar-refractivity contribution in [2.45, 2.75) is 0 Å². The molecule has 7 heteroatoms. The van der Waals surface area contributed by atoms with Crippen molar-refractivity contribution in [2.24, 2.45) is 0 Å². The lowest BCUT2D eigenvalue weighted by Crippen LogP contribution is -1.99. The van der Waals surface area contributed by atoms with Crippen molar-refractivity contribution in [1.82, 2.24) is 15.0 Å². The van der Waals surface area contributed by atoms with Gasteiger partial charge in [0.2, 0.25) is 0 Å². The van der Waals surface area contributed by atoms with Gasteiger partial charge in [-0.25, -0.2) is 14.4 Å². The van der Waals surface area contributed by atoms with Crippen LogP contribution in [0.3, 0.4) is 0 Å². The summed E-state index contributed by atoms with van der Waals surface area (Å²) < 4.78 is 17.9. The Morgan fingerprint density at radius 3 is 2.69 bits per heavy atom. The van der Waals surface area contributed by atoms with Crippen LogP contribution in [0, 0.1) is 5.82 Å². The van der Waals surface area contributed by atoms with Crippen molar-refractivity contribution in [3.05, 3.63) is 35.5 Å². The van der Waals surface area contributed by atoms with Gasteiger partial charge in [0.1, 0.15) is 10.9 Å². The first-order chi connectivity index (χ1) is 7.65. The monoisotopic (exact) mass is 240 g/mol. The Balaban J connectivity index is 2.20. The van der Waals surface area contributed by atoms with E-state index in [9.17, 15) is 4.39 Å².